The van der Waals surface area contributed by atoms with Crippen LogP contribution in [0, 0.1) is 0 Å². The summed E-state index contributed by atoms with van der Waals surface area (Å²) in [6, 6.07) is 17.6. The molecule has 0 aliphatic rings. The van der Waals surface area contributed by atoms with Gasteiger partial charge in [-0.2, -0.15) is 5.10 Å². The van der Waals surface area contributed by atoms with E-state index < -0.39 is 5.60 Å². The Morgan fingerprint density at radius 1 is 1.00 bits per heavy atom. The summed E-state index contributed by atoms with van der Waals surface area (Å²) < 4.78 is 1.67. The zero-order chi connectivity index (χ0) is 22.9. The number of anilines is 2. The van der Waals surface area contributed by atoms with Crippen molar-refractivity contribution in [3.05, 3.63) is 78.0 Å². The lowest BCUT2D eigenvalue weighted by molar-refractivity contribution is -0.114. The lowest BCUT2D eigenvalue weighted by atomic mass is 9.97. The van der Waals surface area contributed by atoms with Crippen molar-refractivity contribution in [3.8, 4) is 11.3 Å². The zero-order valence-electron chi connectivity index (χ0n) is 18.0. The summed E-state index contributed by atoms with van der Waals surface area (Å²) >= 11 is 0. The summed E-state index contributed by atoms with van der Waals surface area (Å²) in [4.78, 5) is 28.7. The van der Waals surface area contributed by atoms with E-state index in [9.17, 15) is 14.7 Å². The smallest absolute Gasteiger partial charge is 0.256 e. The van der Waals surface area contributed by atoms with E-state index in [4.69, 9.17) is 0 Å². The monoisotopic (exact) mass is 429 g/mol. The van der Waals surface area contributed by atoms with E-state index >= 15 is 0 Å². The zero-order valence-corrected chi connectivity index (χ0v) is 18.0. The Labute approximate surface area is 184 Å². The maximum Gasteiger partial charge on any atom is 0.256 e. The number of hydrogen-bond acceptors (Lipinski definition) is 5. The molecule has 3 N–H and O–H groups in total. The molecular formula is C24H23N5O3. The number of nitrogens with one attached hydrogen (secondary N) is 2. The van der Waals surface area contributed by atoms with Crippen LogP contribution in [0.15, 0.2) is 66.9 Å². The van der Waals surface area contributed by atoms with Crippen LogP contribution in [0.3, 0.4) is 0 Å². The molecule has 8 nitrogen and oxygen atoms in total. The van der Waals surface area contributed by atoms with Crippen molar-refractivity contribution in [3.63, 3.8) is 0 Å². The van der Waals surface area contributed by atoms with Crippen molar-refractivity contribution < 1.29 is 14.7 Å². The maximum absolute atomic E-state index is 12.8. The Hall–Kier alpha value is -4.04. The molecule has 0 saturated carbocycles. The Bertz CT molecular complexity index is 1300. The number of carbonyl (C=O) groups excluding carboxylic acids is 2. The summed E-state index contributed by atoms with van der Waals surface area (Å²) in [5, 5.41) is 20.0. The van der Waals surface area contributed by atoms with Gasteiger partial charge in [-0.15, -0.1) is 0 Å². The number of aromatic nitrogens is 3. The van der Waals surface area contributed by atoms with Crippen LogP contribution in [0.2, 0.25) is 0 Å². The average Bonchev–Trinajstić information content (AvgIpc) is 3.21. The van der Waals surface area contributed by atoms with Gasteiger partial charge >= 0.3 is 0 Å². The molecule has 32 heavy (non-hydrogen) atoms. The highest BCUT2D eigenvalue weighted by molar-refractivity contribution is 6.04. The highest BCUT2D eigenvalue weighted by atomic mass is 16.3. The third-order valence-electron chi connectivity index (χ3n) is 4.93. The third-order valence-corrected chi connectivity index (χ3v) is 4.93. The minimum Gasteiger partial charge on any atom is -0.386 e. The standard InChI is InChI=1S/C24H23N5O3/c1-15(30)26-19-6-4-5-17(13-19)20-14-21(27-22-11-12-25-29(20)22)28-23(31)16-7-9-18(10-8-16)24(2,3)32/h4-14,32H,1-3H3,(H,26,30)(H,27,28,31). The van der Waals surface area contributed by atoms with Crippen LogP contribution in [0.25, 0.3) is 16.9 Å². The summed E-state index contributed by atoms with van der Waals surface area (Å²) in [5.41, 5.74) is 2.92. The van der Waals surface area contributed by atoms with Crippen molar-refractivity contribution in [2.24, 2.45) is 0 Å². The largest absolute Gasteiger partial charge is 0.386 e. The SMILES string of the molecule is CC(=O)Nc1cccc(-c2cc(NC(=O)c3ccc(C(C)(C)O)cc3)nc3ccnn23)c1. The van der Waals surface area contributed by atoms with E-state index in [1.165, 1.54) is 6.92 Å². The van der Waals surface area contributed by atoms with E-state index in [1.807, 2.05) is 18.2 Å². The van der Waals surface area contributed by atoms with Crippen LogP contribution in [0.1, 0.15) is 36.7 Å². The molecule has 8 heteroatoms. The van der Waals surface area contributed by atoms with Gasteiger partial charge in [0.1, 0.15) is 5.82 Å². The molecule has 2 aromatic heterocycles. The van der Waals surface area contributed by atoms with Gasteiger partial charge in [-0.25, -0.2) is 9.50 Å². The molecular weight excluding hydrogens is 406 g/mol. The lowest BCUT2D eigenvalue weighted by Gasteiger charge is -2.17. The molecule has 0 radical (unpaired) electrons. The van der Waals surface area contributed by atoms with Crippen LogP contribution >= 0.6 is 0 Å². The van der Waals surface area contributed by atoms with Crippen LogP contribution in [0.4, 0.5) is 11.5 Å². The second kappa shape index (κ2) is 8.24. The average molecular weight is 429 g/mol. The fraction of sp³-hybridized carbons (Fsp3) is 0.167. The Morgan fingerprint density at radius 3 is 2.44 bits per heavy atom. The first-order chi connectivity index (χ1) is 15.2. The normalized spacial score (nSPS) is 11.4. The van der Waals surface area contributed by atoms with Crippen molar-refractivity contribution in [1.29, 1.82) is 0 Å². The molecule has 4 aromatic rings. The highest BCUT2D eigenvalue weighted by Crippen LogP contribution is 2.26. The van der Waals surface area contributed by atoms with Crippen LogP contribution in [0.5, 0.6) is 0 Å². The van der Waals surface area contributed by atoms with Gasteiger partial charge in [0.15, 0.2) is 5.65 Å². The second-order valence-electron chi connectivity index (χ2n) is 7.98. The van der Waals surface area contributed by atoms with E-state index in [-0.39, 0.29) is 11.8 Å². The summed E-state index contributed by atoms with van der Waals surface area (Å²) in [5.74, 6) is -0.110. The van der Waals surface area contributed by atoms with Gasteiger partial charge in [0.05, 0.1) is 17.5 Å². The second-order valence-corrected chi connectivity index (χ2v) is 7.98. The first-order valence-corrected chi connectivity index (χ1v) is 10.1. The minimum atomic E-state index is -0.982. The minimum absolute atomic E-state index is 0.162. The Kier molecular flexibility index (Phi) is 5.46. The summed E-state index contributed by atoms with van der Waals surface area (Å²) in [6.07, 6.45) is 1.63. The number of hydrogen-bond donors (Lipinski definition) is 3. The number of rotatable bonds is 5. The molecule has 0 spiro atoms. The van der Waals surface area contributed by atoms with Gasteiger partial charge in [0, 0.05) is 35.9 Å². The molecule has 2 aromatic carbocycles. The van der Waals surface area contributed by atoms with Crippen LogP contribution in [-0.2, 0) is 10.4 Å². The molecule has 2 heterocycles. The molecule has 0 aliphatic carbocycles. The molecule has 162 valence electrons. The quantitative estimate of drug-likeness (QED) is 0.447. The topological polar surface area (TPSA) is 109 Å². The number of aliphatic hydroxyl groups is 1. The number of carbonyl (C=O) groups is 2. The molecule has 0 saturated heterocycles. The summed E-state index contributed by atoms with van der Waals surface area (Å²) in [6.45, 7) is 4.83. The molecule has 0 atom stereocenters. The molecule has 4 rings (SSSR count). The summed E-state index contributed by atoms with van der Waals surface area (Å²) in [7, 11) is 0. The molecule has 0 bridgehead atoms. The van der Waals surface area contributed by atoms with Gasteiger partial charge in [-0.3, -0.25) is 9.59 Å². The number of benzene rings is 2. The van der Waals surface area contributed by atoms with Gasteiger partial charge < -0.3 is 15.7 Å². The van der Waals surface area contributed by atoms with Gasteiger partial charge in [-0.1, -0.05) is 24.3 Å². The molecule has 2 amide bonds. The lowest BCUT2D eigenvalue weighted by Crippen LogP contribution is -2.17. The highest BCUT2D eigenvalue weighted by Gasteiger charge is 2.17. The maximum atomic E-state index is 12.8. The molecule has 0 unspecified atom stereocenters. The van der Waals surface area contributed by atoms with Gasteiger partial charge in [0.25, 0.3) is 5.91 Å². The van der Waals surface area contributed by atoms with E-state index in [2.05, 4.69) is 20.7 Å². The fourth-order valence-corrected chi connectivity index (χ4v) is 3.36. The fourth-order valence-electron chi connectivity index (χ4n) is 3.36. The third kappa shape index (κ3) is 4.50. The predicted octanol–water partition coefficient (Wildman–Crippen LogP) is 3.83. The Morgan fingerprint density at radius 2 is 1.75 bits per heavy atom. The predicted molar refractivity (Wildman–Crippen MR) is 122 cm³/mol. The van der Waals surface area contributed by atoms with Crippen molar-refractivity contribution in [1.82, 2.24) is 14.6 Å². The van der Waals surface area contributed by atoms with E-state index in [1.54, 1.807) is 67.0 Å². The van der Waals surface area contributed by atoms with Crippen molar-refractivity contribution in [2.45, 2.75) is 26.4 Å². The first-order valence-electron chi connectivity index (χ1n) is 10.1. The Balaban J connectivity index is 1.66. The molecule has 0 aliphatic heterocycles. The van der Waals surface area contributed by atoms with Crippen molar-refractivity contribution >= 4 is 29.0 Å². The number of fused-ring (bicyclic) bond motifs is 1. The molecule has 0 fully saturated rings. The van der Waals surface area contributed by atoms with E-state index in [0.29, 0.717) is 34.0 Å². The van der Waals surface area contributed by atoms with E-state index in [0.717, 1.165) is 5.56 Å². The van der Waals surface area contributed by atoms with Crippen LogP contribution in [-0.4, -0.2) is 31.5 Å². The van der Waals surface area contributed by atoms with Gasteiger partial charge in [0.2, 0.25) is 5.91 Å². The van der Waals surface area contributed by atoms with Crippen molar-refractivity contribution in [2.75, 3.05) is 10.6 Å². The number of amides is 2. The van der Waals surface area contributed by atoms with Gasteiger partial charge in [-0.05, 0) is 43.7 Å². The van der Waals surface area contributed by atoms with Crippen LogP contribution < -0.4 is 10.6 Å². The number of nitrogens with zero attached hydrogens (tertiary/aromatic N) is 3. The first kappa shape index (κ1) is 21.2.